The van der Waals surface area contributed by atoms with E-state index in [1.807, 2.05) is 0 Å². The highest BCUT2D eigenvalue weighted by atomic mass is 16.2. The maximum atomic E-state index is 12.6. The first-order valence-electron chi connectivity index (χ1n) is 9.40. The molecular formula is C19H29N5O2. The minimum Gasteiger partial charge on any atom is -0.368 e. The Bertz CT molecular complexity index is 635. The summed E-state index contributed by atoms with van der Waals surface area (Å²) in [7, 11) is 0. The van der Waals surface area contributed by atoms with Gasteiger partial charge in [0.05, 0.1) is 0 Å². The average Bonchev–Trinajstić information content (AvgIpc) is 2.68. The summed E-state index contributed by atoms with van der Waals surface area (Å²) >= 11 is 0. The van der Waals surface area contributed by atoms with E-state index in [9.17, 15) is 9.59 Å². The van der Waals surface area contributed by atoms with Crippen molar-refractivity contribution in [3.8, 4) is 0 Å². The zero-order chi connectivity index (χ0) is 18.5. The Kier molecular flexibility index (Phi) is 6.11. The molecule has 3 rings (SSSR count). The molecule has 2 amide bonds. The van der Waals surface area contributed by atoms with Gasteiger partial charge in [0.2, 0.25) is 0 Å². The number of carbonyl (C=O) groups is 2. The van der Waals surface area contributed by atoms with Crippen molar-refractivity contribution >= 4 is 17.5 Å². The van der Waals surface area contributed by atoms with Gasteiger partial charge in [0, 0.05) is 71.1 Å². The van der Waals surface area contributed by atoms with Crippen LogP contribution in [0.5, 0.6) is 0 Å². The molecule has 7 nitrogen and oxygen atoms in total. The number of hydrogen-bond donors (Lipinski definition) is 1. The van der Waals surface area contributed by atoms with E-state index in [-0.39, 0.29) is 11.8 Å². The Balaban J connectivity index is 1.50. The molecule has 26 heavy (non-hydrogen) atoms. The van der Waals surface area contributed by atoms with E-state index >= 15 is 0 Å². The second-order valence-electron chi connectivity index (χ2n) is 7.04. The maximum Gasteiger partial charge on any atom is 0.312 e. The smallest absolute Gasteiger partial charge is 0.312 e. The molecule has 0 saturated carbocycles. The molecule has 0 spiro atoms. The minimum absolute atomic E-state index is 0.360. The van der Waals surface area contributed by atoms with Crippen LogP contribution in [0.25, 0.3) is 0 Å². The van der Waals surface area contributed by atoms with Crippen LogP contribution >= 0.6 is 0 Å². The third-order valence-electron chi connectivity index (χ3n) is 5.22. The molecule has 0 aromatic heterocycles. The van der Waals surface area contributed by atoms with E-state index in [2.05, 4.69) is 41.0 Å². The van der Waals surface area contributed by atoms with Crippen molar-refractivity contribution in [2.24, 2.45) is 5.73 Å². The molecule has 1 aromatic carbocycles. The third-order valence-corrected chi connectivity index (χ3v) is 5.22. The molecule has 2 N–H and O–H groups in total. The molecule has 0 unspecified atom stereocenters. The van der Waals surface area contributed by atoms with Gasteiger partial charge in [0.15, 0.2) is 0 Å². The number of piperazine rings is 2. The summed E-state index contributed by atoms with van der Waals surface area (Å²) in [6.07, 6.45) is 0. The van der Waals surface area contributed by atoms with Gasteiger partial charge in [-0.15, -0.1) is 0 Å². The van der Waals surface area contributed by atoms with Crippen LogP contribution in [0.1, 0.15) is 5.56 Å². The van der Waals surface area contributed by atoms with Gasteiger partial charge >= 0.3 is 11.8 Å². The summed E-state index contributed by atoms with van der Waals surface area (Å²) in [5.74, 6) is -0.720. The number of nitrogens with zero attached hydrogens (tertiary/aromatic N) is 4. The second kappa shape index (κ2) is 8.51. The van der Waals surface area contributed by atoms with Gasteiger partial charge in [-0.1, -0.05) is 12.1 Å². The number of amides is 2. The standard InChI is InChI=1S/C19H29N5O2/c1-16-3-2-4-17(15-16)22-11-13-24(14-12-22)19(26)18(25)23-9-7-21(6-5-20)8-10-23/h2-4,15H,5-14,20H2,1H3. The summed E-state index contributed by atoms with van der Waals surface area (Å²) in [5.41, 5.74) is 7.98. The minimum atomic E-state index is -0.360. The van der Waals surface area contributed by atoms with E-state index in [4.69, 9.17) is 5.73 Å². The lowest BCUT2D eigenvalue weighted by atomic mass is 10.2. The van der Waals surface area contributed by atoms with Gasteiger partial charge in [-0.3, -0.25) is 14.5 Å². The molecule has 0 aliphatic carbocycles. The molecule has 0 bridgehead atoms. The highest BCUT2D eigenvalue weighted by molar-refractivity contribution is 6.35. The van der Waals surface area contributed by atoms with Crippen LogP contribution in [0.15, 0.2) is 24.3 Å². The van der Waals surface area contributed by atoms with Crippen molar-refractivity contribution in [1.29, 1.82) is 0 Å². The molecule has 0 atom stereocenters. The highest BCUT2D eigenvalue weighted by Crippen LogP contribution is 2.18. The van der Waals surface area contributed by atoms with Crippen LogP contribution in [0.2, 0.25) is 0 Å². The molecule has 0 radical (unpaired) electrons. The number of hydrogen-bond acceptors (Lipinski definition) is 5. The van der Waals surface area contributed by atoms with Crippen molar-refractivity contribution in [3.63, 3.8) is 0 Å². The Labute approximate surface area is 155 Å². The topological polar surface area (TPSA) is 73.1 Å². The summed E-state index contributed by atoms with van der Waals surface area (Å²) in [5, 5.41) is 0. The van der Waals surface area contributed by atoms with E-state index in [0.717, 1.165) is 32.7 Å². The van der Waals surface area contributed by atoms with Crippen LogP contribution in [-0.2, 0) is 9.59 Å². The molecule has 2 heterocycles. The van der Waals surface area contributed by atoms with Crippen molar-refractivity contribution in [2.75, 3.05) is 70.3 Å². The summed E-state index contributed by atoms with van der Waals surface area (Å²) < 4.78 is 0. The molecule has 7 heteroatoms. The van der Waals surface area contributed by atoms with Crippen molar-refractivity contribution in [1.82, 2.24) is 14.7 Å². The fraction of sp³-hybridized carbons (Fsp3) is 0.579. The first-order valence-corrected chi connectivity index (χ1v) is 9.40. The predicted molar refractivity (Wildman–Crippen MR) is 102 cm³/mol. The quantitative estimate of drug-likeness (QED) is 0.754. The first kappa shape index (κ1) is 18.7. The summed E-state index contributed by atoms with van der Waals surface area (Å²) in [6.45, 7) is 9.03. The SMILES string of the molecule is Cc1cccc(N2CCN(C(=O)C(=O)N3CCN(CCN)CC3)CC2)c1. The van der Waals surface area contributed by atoms with Crippen molar-refractivity contribution in [2.45, 2.75) is 6.92 Å². The zero-order valence-electron chi connectivity index (χ0n) is 15.6. The number of aryl methyl sites for hydroxylation is 1. The number of carbonyl (C=O) groups excluding carboxylic acids is 2. The summed E-state index contributed by atoms with van der Waals surface area (Å²) in [6, 6.07) is 8.38. The van der Waals surface area contributed by atoms with Gasteiger partial charge in [-0.05, 0) is 24.6 Å². The third kappa shape index (κ3) is 4.34. The number of anilines is 1. The van der Waals surface area contributed by atoms with Gasteiger partial charge in [-0.2, -0.15) is 0 Å². The Morgan fingerprint density at radius 2 is 1.50 bits per heavy atom. The fourth-order valence-electron chi connectivity index (χ4n) is 3.62. The normalized spacial score (nSPS) is 18.9. The highest BCUT2D eigenvalue weighted by Gasteiger charge is 2.31. The number of rotatable bonds is 3. The lowest BCUT2D eigenvalue weighted by molar-refractivity contribution is -0.153. The molecule has 2 aliphatic rings. The Morgan fingerprint density at radius 3 is 2.04 bits per heavy atom. The molecule has 2 fully saturated rings. The largest absolute Gasteiger partial charge is 0.368 e. The molecule has 2 saturated heterocycles. The lowest BCUT2D eigenvalue weighted by Crippen LogP contribution is -2.56. The van der Waals surface area contributed by atoms with Gasteiger partial charge in [-0.25, -0.2) is 0 Å². The van der Waals surface area contributed by atoms with E-state index in [1.54, 1.807) is 9.80 Å². The van der Waals surface area contributed by atoms with E-state index < -0.39 is 0 Å². The van der Waals surface area contributed by atoms with Crippen LogP contribution < -0.4 is 10.6 Å². The van der Waals surface area contributed by atoms with Gasteiger partial charge in [0.25, 0.3) is 0 Å². The van der Waals surface area contributed by atoms with Gasteiger partial charge < -0.3 is 20.4 Å². The predicted octanol–water partition coefficient (Wildman–Crippen LogP) is -0.253. The van der Waals surface area contributed by atoms with Crippen LogP contribution in [0, 0.1) is 6.92 Å². The van der Waals surface area contributed by atoms with Crippen LogP contribution in [-0.4, -0.2) is 92.0 Å². The van der Waals surface area contributed by atoms with Crippen LogP contribution in [0.3, 0.4) is 0 Å². The van der Waals surface area contributed by atoms with Crippen molar-refractivity contribution in [3.05, 3.63) is 29.8 Å². The lowest BCUT2D eigenvalue weighted by Gasteiger charge is -2.38. The first-order chi connectivity index (χ1) is 12.6. The van der Waals surface area contributed by atoms with Crippen LogP contribution in [0.4, 0.5) is 5.69 Å². The fourth-order valence-corrected chi connectivity index (χ4v) is 3.62. The van der Waals surface area contributed by atoms with E-state index in [1.165, 1.54) is 11.3 Å². The average molecular weight is 359 g/mol. The Hall–Kier alpha value is -2.12. The molecule has 2 aliphatic heterocycles. The second-order valence-corrected chi connectivity index (χ2v) is 7.04. The number of benzene rings is 1. The number of nitrogens with two attached hydrogens (primary N) is 1. The molecule has 142 valence electrons. The monoisotopic (exact) mass is 359 g/mol. The summed E-state index contributed by atoms with van der Waals surface area (Å²) in [4.78, 5) is 33.0. The van der Waals surface area contributed by atoms with Crippen molar-refractivity contribution < 1.29 is 9.59 Å². The zero-order valence-corrected chi connectivity index (χ0v) is 15.6. The Morgan fingerprint density at radius 1 is 0.923 bits per heavy atom. The molecule has 1 aromatic rings. The molecular weight excluding hydrogens is 330 g/mol. The maximum absolute atomic E-state index is 12.6. The van der Waals surface area contributed by atoms with Gasteiger partial charge in [0.1, 0.15) is 0 Å². The van der Waals surface area contributed by atoms with E-state index in [0.29, 0.717) is 32.7 Å².